The molecule has 0 bridgehead atoms. The van der Waals surface area contributed by atoms with Crippen LogP contribution < -0.4 is 5.32 Å². The van der Waals surface area contributed by atoms with Gasteiger partial charge in [0.25, 0.3) is 0 Å². The lowest BCUT2D eigenvalue weighted by Gasteiger charge is -2.13. The molecule has 1 aliphatic carbocycles. The largest absolute Gasteiger partial charge is 0.353 e. The number of aromatic nitrogens is 3. The second-order valence-corrected chi connectivity index (χ2v) is 7.09. The zero-order valence-electron chi connectivity index (χ0n) is 14.2. The molecule has 1 amide bonds. The highest BCUT2D eigenvalue weighted by Gasteiger charge is 2.30. The van der Waals surface area contributed by atoms with E-state index in [9.17, 15) is 4.79 Å². The summed E-state index contributed by atoms with van der Waals surface area (Å²) in [6, 6.07) is 10.3. The number of hydrogen-bond donors (Lipinski definition) is 1. The second kappa shape index (κ2) is 7.83. The van der Waals surface area contributed by atoms with Gasteiger partial charge in [0.1, 0.15) is 5.82 Å². The van der Waals surface area contributed by atoms with Crippen LogP contribution in [0.15, 0.2) is 35.5 Å². The Morgan fingerprint density at radius 1 is 1.29 bits per heavy atom. The van der Waals surface area contributed by atoms with Crippen molar-refractivity contribution in [1.29, 1.82) is 0 Å². The van der Waals surface area contributed by atoms with E-state index in [-0.39, 0.29) is 11.9 Å². The van der Waals surface area contributed by atoms with E-state index in [0.29, 0.717) is 16.8 Å². The van der Waals surface area contributed by atoms with Crippen LogP contribution in [0.3, 0.4) is 0 Å². The van der Waals surface area contributed by atoms with Crippen molar-refractivity contribution < 1.29 is 4.79 Å². The van der Waals surface area contributed by atoms with E-state index in [1.54, 1.807) is 0 Å². The van der Waals surface area contributed by atoms with Gasteiger partial charge in [-0.25, -0.2) is 9.67 Å². The number of hydrogen-bond acceptors (Lipinski definition) is 4. The maximum Gasteiger partial charge on any atom is 0.230 e. The molecule has 0 saturated heterocycles. The highest BCUT2D eigenvalue weighted by Crippen LogP contribution is 2.40. The maximum absolute atomic E-state index is 12.1. The average Bonchev–Trinajstić information content (AvgIpc) is 3.38. The van der Waals surface area contributed by atoms with Crippen molar-refractivity contribution in [2.45, 2.75) is 56.6 Å². The maximum atomic E-state index is 12.1. The van der Waals surface area contributed by atoms with Gasteiger partial charge in [-0.2, -0.15) is 0 Å². The normalized spacial score (nSPS) is 14.1. The molecule has 0 spiro atoms. The van der Waals surface area contributed by atoms with Gasteiger partial charge in [-0.05, 0) is 37.8 Å². The molecule has 1 saturated carbocycles. The Labute approximate surface area is 147 Å². The molecule has 6 heteroatoms. The first-order chi connectivity index (χ1) is 11.7. The van der Waals surface area contributed by atoms with Crippen LogP contribution in [-0.4, -0.2) is 32.5 Å². The highest BCUT2D eigenvalue weighted by atomic mass is 32.2. The quantitative estimate of drug-likeness (QED) is 0.744. The van der Waals surface area contributed by atoms with Gasteiger partial charge in [0, 0.05) is 12.0 Å². The fourth-order valence-corrected chi connectivity index (χ4v) is 3.26. The number of amides is 1. The molecule has 0 aliphatic heterocycles. The fraction of sp³-hybridized carbons (Fsp3) is 0.500. The van der Waals surface area contributed by atoms with Crippen LogP contribution in [0.25, 0.3) is 5.69 Å². The van der Waals surface area contributed by atoms with Gasteiger partial charge in [-0.1, -0.05) is 43.8 Å². The van der Waals surface area contributed by atoms with Crippen LogP contribution in [-0.2, 0) is 4.79 Å². The summed E-state index contributed by atoms with van der Waals surface area (Å²) in [6.07, 6.45) is 4.26. The zero-order chi connectivity index (χ0) is 16.9. The van der Waals surface area contributed by atoms with E-state index in [4.69, 9.17) is 0 Å². The van der Waals surface area contributed by atoms with Gasteiger partial charge in [0.2, 0.25) is 11.1 Å². The van der Waals surface area contributed by atoms with Crippen LogP contribution in [0.1, 0.15) is 51.3 Å². The minimum absolute atomic E-state index is 0.0535. The number of para-hydroxylation sites is 1. The monoisotopic (exact) mass is 344 g/mol. The number of nitrogens with zero attached hydrogens (tertiary/aromatic N) is 3. The molecule has 1 heterocycles. The Kier molecular flexibility index (Phi) is 5.56. The molecule has 128 valence electrons. The Hall–Kier alpha value is -1.82. The van der Waals surface area contributed by atoms with Crippen LogP contribution >= 0.6 is 11.8 Å². The van der Waals surface area contributed by atoms with Crippen molar-refractivity contribution in [3.8, 4) is 5.69 Å². The Morgan fingerprint density at radius 2 is 2.00 bits per heavy atom. The van der Waals surface area contributed by atoms with E-state index >= 15 is 0 Å². The van der Waals surface area contributed by atoms with Gasteiger partial charge < -0.3 is 5.32 Å². The van der Waals surface area contributed by atoms with Crippen molar-refractivity contribution in [1.82, 2.24) is 20.1 Å². The molecule has 1 aromatic heterocycles. The molecule has 1 fully saturated rings. The smallest absolute Gasteiger partial charge is 0.230 e. The number of rotatable bonds is 8. The minimum Gasteiger partial charge on any atom is -0.353 e. The molecule has 1 aromatic carbocycles. The lowest BCUT2D eigenvalue weighted by Crippen LogP contribution is -2.35. The van der Waals surface area contributed by atoms with Gasteiger partial charge in [0.05, 0.1) is 11.4 Å². The molecule has 5 nitrogen and oxygen atoms in total. The minimum atomic E-state index is 0.0535. The van der Waals surface area contributed by atoms with Gasteiger partial charge >= 0.3 is 0 Å². The number of thioether (sulfide) groups is 1. The van der Waals surface area contributed by atoms with E-state index in [2.05, 4.69) is 29.2 Å². The summed E-state index contributed by atoms with van der Waals surface area (Å²) in [4.78, 5) is 16.7. The number of nitrogens with one attached hydrogen (secondary N) is 1. The average molecular weight is 344 g/mol. The van der Waals surface area contributed by atoms with Crippen molar-refractivity contribution in [3.63, 3.8) is 0 Å². The van der Waals surface area contributed by atoms with Crippen LogP contribution in [0.5, 0.6) is 0 Å². The Bertz CT molecular complexity index is 678. The third kappa shape index (κ3) is 4.17. The van der Waals surface area contributed by atoms with Crippen molar-refractivity contribution in [3.05, 3.63) is 36.2 Å². The summed E-state index contributed by atoms with van der Waals surface area (Å²) in [5.41, 5.74) is 1.03. The van der Waals surface area contributed by atoms with E-state index < -0.39 is 0 Å². The molecule has 0 atom stereocenters. The van der Waals surface area contributed by atoms with E-state index in [1.165, 1.54) is 24.6 Å². The van der Waals surface area contributed by atoms with Crippen LogP contribution in [0, 0.1) is 0 Å². The van der Waals surface area contributed by atoms with Gasteiger partial charge in [-0.3, -0.25) is 4.79 Å². The lowest BCUT2D eigenvalue weighted by atomic mass is 10.2. The summed E-state index contributed by atoms with van der Waals surface area (Å²) in [5.74, 6) is 1.94. The van der Waals surface area contributed by atoms with E-state index in [0.717, 1.165) is 24.4 Å². The fourth-order valence-electron chi connectivity index (χ4n) is 2.62. The van der Waals surface area contributed by atoms with Gasteiger partial charge in [-0.15, -0.1) is 5.10 Å². The molecule has 0 unspecified atom stereocenters. The third-order valence-corrected chi connectivity index (χ3v) is 5.08. The zero-order valence-corrected chi connectivity index (χ0v) is 15.1. The number of benzene rings is 1. The number of carbonyl (C=O) groups excluding carboxylic acids is 1. The van der Waals surface area contributed by atoms with Crippen LogP contribution in [0.2, 0.25) is 0 Å². The molecular weight excluding hydrogens is 320 g/mol. The third-order valence-electron chi connectivity index (χ3n) is 4.24. The molecule has 1 N–H and O–H groups in total. The molecular formula is C18H24N4OS. The van der Waals surface area contributed by atoms with Crippen molar-refractivity contribution in [2.24, 2.45) is 0 Å². The number of carbonyl (C=O) groups is 1. The first-order valence-corrected chi connectivity index (χ1v) is 9.64. The standard InChI is InChI=1S/C18H24N4OS/c1-3-14(4-2)19-16(23)12-24-18-20-17(13-10-11-13)22(21-18)15-8-6-5-7-9-15/h5-9,13-14H,3-4,10-12H2,1-2H3,(H,19,23). The first-order valence-electron chi connectivity index (χ1n) is 8.65. The summed E-state index contributed by atoms with van der Waals surface area (Å²) in [6.45, 7) is 4.18. The molecule has 1 aliphatic rings. The molecule has 0 radical (unpaired) electrons. The topological polar surface area (TPSA) is 59.8 Å². The van der Waals surface area contributed by atoms with Crippen molar-refractivity contribution in [2.75, 3.05) is 5.75 Å². The first kappa shape index (κ1) is 17.0. The SMILES string of the molecule is CCC(CC)NC(=O)CSc1nc(C2CC2)n(-c2ccccc2)n1. The summed E-state index contributed by atoms with van der Waals surface area (Å²) < 4.78 is 1.93. The Morgan fingerprint density at radius 3 is 2.62 bits per heavy atom. The molecule has 2 aromatic rings. The highest BCUT2D eigenvalue weighted by molar-refractivity contribution is 7.99. The Balaban J connectivity index is 1.67. The summed E-state index contributed by atoms with van der Waals surface area (Å²) in [5, 5.41) is 8.36. The summed E-state index contributed by atoms with van der Waals surface area (Å²) >= 11 is 1.41. The van der Waals surface area contributed by atoms with Crippen molar-refractivity contribution >= 4 is 17.7 Å². The van der Waals surface area contributed by atoms with Gasteiger partial charge in [0.15, 0.2) is 0 Å². The molecule has 3 rings (SSSR count). The van der Waals surface area contributed by atoms with Crippen LogP contribution in [0.4, 0.5) is 0 Å². The molecule has 24 heavy (non-hydrogen) atoms. The predicted molar refractivity (Wildman–Crippen MR) is 96.6 cm³/mol. The summed E-state index contributed by atoms with van der Waals surface area (Å²) in [7, 11) is 0. The van der Waals surface area contributed by atoms with E-state index in [1.807, 2.05) is 35.0 Å². The lowest BCUT2D eigenvalue weighted by molar-refractivity contribution is -0.119. The predicted octanol–water partition coefficient (Wildman–Crippen LogP) is 3.54. The second-order valence-electron chi connectivity index (χ2n) is 6.14.